The summed E-state index contributed by atoms with van der Waals surface area (Å²) in [6, 6.07) is 7.32. The second kappa shape index (κ2) is 10.0. The van der Waals surface area contributed by atoms with Crippen LogP contribution in [-0.4, -0.2) is 54.1 Å². The Balaban J connectivity index is 1.15. The molecule has 1 saturated carbocycles. The number of aromatic carboxylic acids is 1. The van der Waals surface area contributed by atoms with Crippen molar-refractivity contribution >= 4 is 34.3 Å². The molecule has 41 heavy (non-hydrogen) atoms. The fraction of sp³-hybridized carbons (Fsp3) is 0.433. The van der Waals surface area contributed by atoms with Gasteiger partial charge in [-0.3, -0.25) is 9.69 Å². The molecule has 3 heterocycles. The summed E-state index contributed by atoms with van der Waals surface area (Å²) in [5.41, 5.74) is -0.0134. The number of aromatic nitrogens is 1. The number of carbonyl (C=O) groups is 2. The predicted molar refractivity (Wildman–Crippen MR) is 148 cm³/mol. The van der Waals surface area contributed by atoms with Crippen molar-refractivity contribution in [2.75, 3.05) is 36.0 Å². The second-order valence-electron chi connectivity index (χ2n) is 11.6. The van der Waals surface area contributed by atoms with Gasteiger partial charge in [-0.1, -0.05) is 6.92 Å². The average molecular weight is 568 g/mol. The Morgan fingerprint density at radius 2 is 1.85 bits per heavy atom. The zero-order chi connectivity index (χ0) is 29.1. The third-order valence-corrected chi connectivity index (χ3v) is 8.35. The SMILES string of the molecule is CC1CN(c2ccc(OCC3(C)CCN(c4cc5c(cc4F)c(=O)c(C(=O)O)cn5C4CC4)CC3)c(F)c2)C(=O)O1. The molecule has 3 aliphatic rings. The molecule has 1 amide bonds. The molecule has 1 aliphatic carbocycles. The van der Waals surface area contributed by atoms with E-state index in [9.17, 15) is 23.9 Å². The lowest BCUT2D eigenvalue weighted by atomic mass is 9.81. The number of nitrogens with zero attached hydrogens (tertiary/aromatic N) is 3. The van der Waals surface area contributed by atoms with E-state index in [2.05, 4.69) is 0 Å². The molecule has 6 rings (SSSR count). The zero-order valence-corrected chi connectivity index (χ0v) is 22.9. The number of ether oxygens (including phenoxy) is 2. The minimum atomic E-state index is -1.32. The molecule has 1 N–H and O–H groups in total. The van der Waals surface area contributed by atoms with E-state index in [1.807, 2.05) is 11.8 Å². The number of carboxylic acid groups (broad SMARTS) is 1. The Hall–Kier alpha value is -4.15. The van der Waals surface area contributed by atoms with Crippen LogP contribution in [0.2, 0.25) is 0 Å². The van der Waals surface area contributed by atoms with Crippen molar-refractivity contribution in [2.24, 2.45) is 5.41 Å². The third-order valence-electron chi connectivity index (χ3n) is 8.35. The van der Waals surface area contributed by atoms with Gasteiger partial charge in [-0.2, -0.15) is 0 Å². The second-order valence-corrected chi connectivity index (χ2v) is 11.6. The minimum absolute atomic E-state index is 0.0671. The molecule has 0 bridgehead atoms. The smallest absolute Gasteiger partial charge is 0.414 e. The van der Waals surface area contributed by atoms with Crippen LogP contribution in [-0.2, 0) is 4.74 Å². The van der Waals surface area contributed by atoms with Crippen molar-refractivity contribution in [3.63, 3.8) is 0 Å². The van der Waals surface area contributed by atoms with Gasteiger partial charge in [0.05, 0.1) is 30.0 Å². The number of rotatable bonds is 7. The quantitative estimate of drug-likeness (QED) is 0.411. The number of hydrogen-bond donors (Lipinski definition) is 1. The fourth-order valence-corrected chi connectivity index (χ4v) is 5.68. The zero-order valence-electron chi connectivity index (χ0n) is 22.9. The van der Waals surface area contributed by atoms with E-state index in [0.717, 1.165) is 18.9 Å². The normalized spacial score (nSPS) is 20.4. The Morgan fingerprint density at radius 1 is 1.12 bits per heavy atom. The van der Waals surface area contributed by atoms with Gasteiger partial charge in [0.2, 0.25) is 5.43 Å². The number of piperidine rings is 1. The summed E-state index contributed by atoms with van der Waals surface area (Å²) in [4.78, 5) is 39.7. The number of fused-ring (bicyclic) bond motifs is 1. The summed E-state index contributed by atoms with van der Waals surface area (Å²) in [7, 11) is 0. The molecule has 2 saturated heterocycles. The lowest BCUT2D eigenvalue weighted by Crippen LogP contribution is -2.42. The largest absolute Gasteiger partial charge is 0.490 e. The van der Waals surface area contributed by atoms with Gasteiger partial charge in [-0.05, 0) is 56.9 Å². The highest BCUT2D eigenvalue weighted by molar-refractivity contribution is 5.93. The highest BCUT2D eigenvalue weighted by Gasteiger charge is 2.34. The number of cyclic esters (lactones) is 1. The molecule has 1 atom stereocenters. The van der Waals surface area contributed by atoms with Crippen molar-refractivity contribution in [3.05, 3.63) is 63.9 Å². The van der Waals surface area contributed by atoms with Crippen LogP contribution in [0, 0.1) is 17.0 Å². The Kier molecular flexibility index (Phi) is 6.62. The van der Waals surface area contributed by atoms with Crippen molar-refractivity contribution in [1.82, 2.24) is 4.57 Å². The molecule has 0 radical (unpaired) electrons. The predicted octanol–water partition coefficient (Wildman–Crippen LogP) is 5.34. The van der Waals surface area contributed by atoms with Crippen LogP contribution < -0.4 is 20.0 Å². The minimum Gasteiger partial charge on any atom is -0.490 e. The monoisotopic (exact) mass is 567 g/mol. The van der Waals surface area contributed by atoms with Crippen LogP contribution in [0.3, 0.4) is 0 Å². The van der Waals surface area contributed by atoms with Crippen molar-refractivity contribution in [1.29, 1.82) is 0 Å². The van der Waals surface area contributed by atoms with Gasteiger partial charge in [0.15, 0.2) is 11.6 Å². The number of carboxylic acids is 1. The van der Waals surface area contributed by atoms with E-state index in [1.54, 1.807) is 23.6 Å². The maximum Gasteiger partial charge on any atom is 0.414 e. The molecule has 2 aromatic carbocycles. The van der Waals surface area contributed by atoms with Gasteiger partial charge < -0.3 is 24.0 Å². The lowest BCUT2D eigenvalue weighted by Gasteiger charge is -2.40. The van der Waals surface area contributed by atoms with Crippen LogP contribution in [0.1, 0.15) is 55.9 Å². The molecule has 3 fully saturated rings. The summed E-state index contributed by atoms with van der Waals surface area (Å²) in [6.07, 6.45) is 3.68. The lowest BCUT2D eigenvalue weighted by molar-refractivity contribution is 0.0694. The van der Waals surface area contributed by atoms with Crippen molar-refractivity contribution < 1.29 is 33.0 Å². The van der Waals surface area contributed by atoms with E-state index in [1.165, 1.54) is 23.2 Å². The first-order valence-corrected chi connectivity index (χ1v) is 13.8. The Morgan fingerprint density at radius 3 is 2.46 bits per heavy atom. The van der Waals surface area contributed by atoms with E-state index in [0.29, 0.717) is 49.4 Å². The van der Waals surface area contributed by atoms with Crippen LogP contribution >= 0.6 is 0 Å². The number of hydrogen-bond acceptors (Lipinski definition) is 6. The molecule has 9 nitrogen and oxygen atoms in total. The number of halogens is 2. The van der Waals surface area contributed by atoms with Gasteiger partial charge in [0.1, 0.15) is 17.5 Å². The Labute approximate surface area is 234 Å². The van der Waals surface area contributed by atoms with Crippen LogP contribution in [0.25, 0.3) is 10.9 Å². The van der Waals surface area contributed by atoms with Crippen molar-refractivity contribution in [2.45, 2.75) is 51.7 Å². The number of benzene rings is 2. The topological polar surface area (TPSA) is 101 Å². The summed E-state index contributed by atoms with van der Waals surface area (Å²) < 4.78 is 42.9. The van der Waals surface area contributed by atoms with E-state index in [-0.39, 0.29) is 40.9 Å². The van der Waals surface area contributed by atoms with E-state index >= 15 is 4.39 Å². The summed E-state index contributed by atoms with van der Waals surface area (Å²) in [5.74, 6) is -2.37. The molecule has 1 aromatic heterocycles. The van der Waals surface area contributed by atoms with Gasteiger partial charge in [-0.15, -0.1) is 0 Å². The third kappa shape index (κ3) is 5.09. The fourth-order valence-electron chi connectivity index (χ4n) is 5.68. The van der Waals surface area contributed by atoms with Gasteiger partial charge >= 0.3 is 12.1 Å². The first kappa shape index (κ1) is 27.0. The first-order valence-electron chi connectivity index (χ1n) is 13.8. The number of carbonyl (C=O) groups excluding carboxylic acids is 1. The maximum absolute atomic E-state index is 15.3. The molecular formula is C30H31F2N3O6. The first-order chi connectivity index (χ1) is 19.5. The summed E-state index contributed by atoms with van der Waals surface area (Å²) in [6.45, 7) is 5.49. The molecule has 0 spiro atoms. The van der Waals surface area contributed by atoms with Crippen molar-refractivity contribution in [3.8, 4) is 5.75 Å². The van der Waals surface area contributed by atoms with Gasteiger partial charge in [0.25, 0.3) is 0 Å². The summed E-state index contributed by atoms with van der Waals surface area (Å²) in [5, 5.41) is 9.54. The average Bonchev–Trinajstić information content (AvgIpc) is 3.71. The van der Waals surface area contributed by atoms with Crippen LogP contribution in [0.15, 0.2) is 41.3 Å². The van der Waals surface area contributed by atoms with E-state index in [4.69, 9.17) is 9.47 Å². The standard InChI is InChI=1S/C30H31F2N3O6/c1-17-14-35(29(39)41-17)19-5-6-26(23(32)11-19)40-16-30(2)7-9-33(10-8-30)25-13-24-20(12-22(25)31)27(36)21(28(37)38)15-34(24)18-3-4-18/h5-6,11-13,15,17-18H,3-4,7-10,14,16H2,1-2H3,(H,37,38). The molecule has 2 aliphatic heterocycles. The van der Waals surface area contributed by atoms with E-state index < -0.39 is 29.1 Å². The number of anilines is 2. The molecule has 11 heteroatoms. The van der Waals surface area contributed by atoms with Crippen LogP contribution in [0.5, 0.6) is 5.75 Å². The molecule has 3 aromatic rings. The summed E-state index contributed by atoms with van der Waals surface area (Å²) >= 11 is 0. The van der Waals surface area contributed by atoms with Gasteiger partial charge in [-0.25, -0.2) is 18.4 Å². The Bertz CT molecular complexity index is 1610. The molecular weight excluding hydrogens is 536 g/mol. The number of amides is 1. The molecule has 216 valence electrons. The van der Waals surface area contributed by atoms with Crippen LogP contribution in [0.4, 0.5) is 25.0 Å². The van der Waals surface area contributed by atoms with Gasteiger partial charge in [0, 0.05) is 42.2 Å². The highest BCUT2D eigenvalue weighted by atomic mass is 19.1. The number of pyridine rings is 1. The highest BCUT2D eigenvalue weighted by Crippen LogP contribution is 2.40. The molecule has 1 unspecified atom stereocenters. The maximum atomic E-state index is 15.3.